The van der Waals surface area contributed by atoms with Crippen molar-refractivity contribution in [1.82, 2.24) is 14.9 Å². The summed E-state index contributed by atoms with van der Waals surface area (Å²) < 4.78 is 0. The van der Waals surface area contributed by atoms with Gasteiger partial charge in [-0.2, -0.15) is 5.10 Å². The highest BCUT2D eigenvalue weighted by molar-refractivity contribution is 6.30. The average molecular weight is 393 g/mol. The SMILES string of the molecule is O=C1[C@H]2Cc3c([nH]c4ccccc34)CN2C(=O)CN1/N=C/c1cccc(Cl)c1. The number of para-hydroxylation sites is 1. The highest BCUT2D eigenvalue weighted by atomic mass is 35.5. The van der Waals surface area contributed by atoms with E-state index in [4.69, 9.17) is 11.6 Å². The lowest BCUT2D eigenvalue weighted by atomic mass is 9.94. The molecule has 1 aromatic heterocycles. The van der Waals surface area contributed by atoms with Crippen molar-refractivity contribution in [2.75, 3.05) is 6.54 Å². The van der Waals surface area contributed by atoms with Gasteiger partial charge in [-0.3, -0.25) is 9.59 Å². The Balaban J connectivity index is 1.45. The van der Waals surface area contributed by atoms with Gasteiger partial charge in [-0.1, -0.05) is 41.9 Å². The van der Waals surface area contributed by atoms with Crippen LogP contribution in [-0.2, 0) is 22.6 Å². The van der Waals surface area contributed by atoms with Gasteiger partial charge in [-0.25, -0.2) is 5.01 Å². The van der Waals surface area contributed by atoms with Crippen LogP contribution < -0.4 is 0 Å². The Labute approximate surface area is 166 Å². The van der Waals surface area contributed by atoms with Crippen LogP contribution in [0.3, 0.4) is 0 Å². The van der Waals surface area contributed by atoms with Crippen molar-refractivity contribution in [3.8, 4) is 0 Å². The molecule has 7 heteroatoms. The lowest BCUT2D eigenvalue weighted by Gasteiger charge is -2.40. The first-order valence-corrected chi connectivity index (χ1v) is 9.47. The molecule has 2 aliphatic heterocycles. The van der Waals surface area contributed by atoms with E-state index in [1.54, 1.807) is 23.2 Å². The maximum absolute atomic E-state index is 13.0. The first-order valence-electron chi connectivity index (χ1n) is 9.09. The van der Waals surface area contributed by atoms with Crippen LogP contribution in [0.15, 0.2) is 53.6 Å². The second-order valence-electron chi connectivity index (χ2n) is 7.06. The van der Waals surface area contributed by atoms with Gasteiger partial charge in [-0.05, 0) is 29.3 Å². The van der Waals surface area contributed by atoms with Crippen LogP contribution in [0, 0.1) is 0 Å². The number of aromatic amines is 1. The summed E-state index contributed by atoms with van der Waals surface area (Å²) in [5.74, 6) is -0.258. The molecule has 1 fully saturated rings. The molecule has 6 nitrogen and oxygen atoms in total. The summed E-state index contributed by atoms with van der Waals surface area (Å²) in [7, 11) is 0. The minimum Gasteiger partial charge on any atom is -0.357 e. The van der Waals surface area contributed by atoms with Gasteiger partial charge in [0.2, 0.25) is 5.91 Å². The highest BCUT2D eigenvalue weighted by Crippen LogP contribution is 2.32. The van der Waals surface area contributed by atoms with Crippen molar-refractivity contribution in [1.29, 1.82) is 0 Å². The highest BCUT2D eigenvalue weighted by Gasteiger charge is 2.43. The summed E-state index contributed by atoms with van der Waals surface area (Å²) in [6.45, 7) is 0.368. The molecule has 2 amide bonds. The van der Waals surface area contributed by atoms with Gasteiger partial charge in [-0.15, -0.1) is 0 Å². The third kappa shape index (κ3) is 2.77. The van der Waals surface area contributed by atoms with E-state index in [0.717, 1.165) is 27.7 Å². The first kappa shape index (κ1) is 17.0. The molecule has 5 rings (SSSR count). The molecule has 1 atom stereocenters. The zero-order chi connectivity index (χ0) is 19.3. The van der Waals surface area contributed by atoms with Crippen molar-refractivity contribution in [3.63, 3.8) is 0 Å². The summed E-state index contributed by atoms with van der Waals surface area (Å²) in [5.41, 5.74) is 3.92. The molecule has 3 aromatic rings. The normalized spacial score (nSPS) is 19.4. The molecule has 0 bridgehead atoms. The number of piperazine rings is 1. The summed E-state index contributed by atoms with van der Waals surface area (Å²) in [6.07, 6.45) is 2.06. The molecule has 2 aliphatic rings. The fourth-order valence-corrected chi connectivity index (χ4v) is 4.18. The van der Waals surface area contributed by atoms with E-state index in [2.05, 4.69) is 10.1 Å². The third-order valence-electron chi connectivity index (χ3n) is 5.34. The molecule has 0 radical (unpaired) electrons. The van der Waals surface area contributed by atoms with Crippen molar-refractivity contribution in [2.45, 2.75) is 19.0 Å². The van der Waals surface area contributed by atoms with Crippen molar-refractivity contribution < 1.29 is 9.59 Å². The number of H-pyrrole nitrogens is 1. The molecule has 2 aromatic carbocycles. The van der Waals surface area contributed by atoms with Gasteiger partial charge in [0.25, 0.3) is 5.91 Å². The maximum atomic E-state index is 13.0. The molecular weight excluding hydrogens is 376 g/mol. The number of carbonyl (C=O) groups excluding carboxylic acids is 2. The zero-order valence-corrected chi connectivity index (χ0v) is 15.7. The average Bonchev–Trinajstić information content (AvgIpc) is 3.06. The van der Waals surface area contributed by atoms with Gasteiger partial charge in [0, 0.05) is 28.0 Å². The minimum absolute atomic E-state index is 0.0536. The van der Waals surface area contributed by atoms with Gasteiger partial charge in [0.05, 0.1) is 12.8 Å². The Hall–Kier alpha value is -3.12. The van der Waals surface area contributed by atoms with Crippen molar-refractivity contribution in [2.24, 2.45) is 5.10 Å². The van der Waals surface area contributed by atoms with Gasteiger partial charge in [0.1, 0.15) is 12.6 Å². The number of hydrogen-bond acceptors (Lipinski definition) is 3. The van der Waals surface area contributed by atoms with Gasteiger partial charge >= 0.3 is 0 Å². The number of fused-ring (bicyclic) bond motifs is 4. The van der Waals surface area contributed by atoms with E-state index in [1.165, 1.54) is 5.01 Å². The first-order chi connectivity index (χ1) is 13.6. The molecule has 140 valence electrons. The second kappa shape index (κ2) is 6.49. The fourth-order valence-electron chi connectivity index (χ4n) is 3.98. The van der Waals surface area contributed by atoms with E-state index < -0.39 is 6.04 Å². The number of hydrogen-bond donors (Lipinski definition) is 1. The molecule has 3 heterocycles. The Morgan fingerprint density at radius 3 is 2.82 bits per heavy atom. The summed E-state index contributed by atoms with van der Waals surface area (Å²) in [4.78, 5) is 30.8. The number of halogens is 1. The maximum Gasteiger partial charge on any atom is 0.266 e. The molecule has 1 N–H and O–H groups in total. The Kier molecular flexibility index (Phi) is 3.94. The van der Waals surface area contributed by atoms with Crippen LogP contribution in [0.5, 0.6) is 0 Å². The third-order valence-corrected chi connectivity index (χ3v) is 5.58. The minimum atomic E-state index is -0.524. The number of rotatable bonds is 2. The second-order valence-corrected chi connectivity index (χ2v) is 7.50. The van der Waals surface area contributed by atoms with Gasteiger partial charge in [0.15, 0.2) is 0 Å². The van der Waals surface area contributed by atoms with E-state index in [1.807, 2.05) is 36.4 Å². The Morgan fingerprint density at radius 2 is 1.96 bits per heavy atom. The smallest absolute Gasteiger partial charge is 0.266 e. The quantitative estimate of drug-likeness (QED) is 0.681. The molecule has 0 spiro atoms. The predicted octanol–water partition coefficient (Wildman–Crippen LogP) is 2.95. The predicted molar refractivity (Wildman–Crippen MR) is 107 cm³/mol. The molecule has 0 saturated carbocycles. The fraction of sp³-hybridized carbons (Fsp3) is 0.190. The largest absolute Gasteiger partial charge is 0.357 e. The number of aromatic nitrogens is 1. The number of benzene rings is 2. The molecule has 28 heavy (non-hydrogen) atoms. The van der Waals surface area contributed by atoms with Crippen molar-refractivity contribution in [3.05, 3.63) is 70.4 Å². The van der Waals surface area contributed by atoms with Crippen LogP contribution in [0.25, 0.3) is 10.9 Å². The zero-order valence-electron chi connectivity index (χ0n) is 14.9. The number of hydrazone groups is 1. The van der Waals surface area contributed by atoms with Crippen LogP contribution in [0.4, 0.5) is 0 Å². The van der Waals surface area contributed by atoms with Crippen LogP contribution >= 0.6 is 11.6 Å². The standard InChI is InChI=1S/C21H17ClN4O2/c22-14-5-3-4-13(8-14)10-23-26-12-20(27)25-11-18-16(9-19(25)21(26)28)15-6-1-2-7-17(15)24-18/h1-8,10,19,24H,9,11-12H2/b23-10+/t19-/m1/s1. The number of amides is 2. The summed E-state index contributed by atoms with van der Waals surface area (Å²) in [5, 5.41) is 7.24. The number of nitrogens with zero attached hydrogens (tertiary/aromatic N) is 3. The molecule has 0 unspecified atom stereocenters. The number of nitrogens with one attached hydrogen (secondary N) is 1. The Morgan fingerprint density at radius 1 is 1.11 bits per heavy atom. The lowest BCUT2D eigenvalue weighted by Crippen LogP contribution is -2.60. The number of carbonyl (C=O) groups is 2. The van der Waals surface area contributed by atoms with E-state index >= 15 is 0 Å². The van der Waals surface area contributed by atoms with Crippen LogP contribution in [0.2, 0.25) is 5.02 Å². The summed E-state index contributed by atoms with van der Waals surface area (Å²) >= 11 is 5.99. The molecular formula is C21H17ClN4O2. The Bertz CT molecular complexity index is 1140. The van der Waals surface area contributed by atoms with E-state index in [9.17, 15) is 9.59 Å². The van der Waals surface area contributed by atoms with Crippen LogP contribution in [0.1, 0.15) is 16.8 Å². The summed E-state index contributed by atoms with van der Waals surface area (Å²) in [6, 6.07) is 14.7. The topological polar surface area (TPSA) is 68.8 Å². The van der Waals surface area contributed by atoms with E-state index in [-0.39, 0.29) is 18.4 Å². The monoisotopic (exact) mass is 392 g/mol. The van der Waals surface area contributed by atoms with E-state index in [0.29, 0.717) is 18.0 Å². The van der Waals surface area contributed by atoms with Gasteiger partial charge < -0.3 is 9.88 Å². The molecule has 1 saturated heterocycles. The molecule has 0 aliphatic carbocycles. The van der Waals surface area contributed by atoms with Crippen molar-refractivity contribution >= 4 is 40.5 Å². The lowest BCUT2D eigenvalue weighted by molar-refractivity contribution is -0.157. The van der Waals surface area contributed by atoms with Crippen LogP contribution in [-0.4, -0.2) is 45.5 Å².